The molecule has 1 aliphatic heterocycles. The maximum atomic E-state index is 9.50. The van der Waals surface area contributed by atoms with E-state index in [1.807, 2.05) is 12.1 Å². The topological polar surface area (TPSA) is 23.5 Å². The molecule has 0 radical (unpaired) electrons. The van der Waals surface area contributed by atoms with E-state index < -0.39 is 0 Å². The summed E-state index contributed by atoms with van der Waals surface area (Å²) in [5, 5.41) is 11.7. The molecule has 0 saturated carbocycles. The van der Waals surface area contributed by atoms with Crippen molar-refractivity contribution in [3.8, 4) is 0 Å². The minimum atomic E-state index is 0.344. The van der Waals surface area contributed by atoms with E-state index >= 15 is 0 Å². The van der Waals surface area contributed by atoms with Gasteiger partial charge in [-0.25, -0.2) is 0 Å². The molecular formula is C11H14ClNO. The maximum Gasteiger partial charge on any atom is 0.0409 e. The minimum Gasteiger partial charge on any atom is -0.314 e. The molecule has 0 aromatic heterocycles. The van der Waals surface area contributed by atoms with Crippen molar-refractivity contribution >= 4 is 11.6 Å². The number of rotatable bonds is 0. The smallest absolute Gasteiger partial charge is 0.0409 e. The van der Waals surface area contributed by atoms with Crippen molar-refractivity contribution in [1.82, 2.24) is 5.06 Å². The Balaban J connectivity index is 2.39. The zero-order valence-electron chi connectivity index (χ0n) is 8.20. The number of nitrogens with zero attached hydrogens (tertiary/aromatic N) is 1. The third kappa shape index (κ3) is 1.92. The van der Waals surface area contributed by atoms with Gasteiger partial charge in [0.2, 0.25) is 0 Å². The van der Waals surface area contributed by atoms with Crippen molar-refractivity contribution in [2.75, 3.05) is 13.1 Å². The standard InChI is InChI=1S/C11H14ClNO/c1-8-7-13(14)5-4-9-2-3-10(12)6-11(8)9/h2-3,6,8,14H,4-5,7H2,1H3. The first kappa shape index (κ1) is 9.97. The summed E-state index contributed by atoms with van der Waals surface area (Å²) < 4.78 is 0. The number of hydrogen-bond donors (Lipinski definition) is 1. The third-order valence-electron chi connectivity index (χ3n) is 2.76. The van der Waals surface area contributed by atoms with Crippen molar-refractivity contribution in [2.24, 2.45) is 0 Å². The first-order valence-electron chi connectivity index (χ1n) is 4.89. The van der Waals surface area contributed by atoms with E-state index in [1.165, 1.54) is 16.2 Å². The van der Waals surface area contributed by atoms with Gasteiger partial charge in [0.25, 0.3) is 0 Å². The van der Waals surface area contributed by atoms with E-state index in [9.17, 15) is 5.21 Å². The van der Waals surface area contributed by atoms with Gasteiger partial charge >= 0.3 is 0 Å². The summed E-state index contributed by atoms with van der Waals surface area (Å²) in [4.78, 5) is 0. The summed E-state index contributed by atoms with van der Waals surface area (Å²) in [7, 11) is 0. The summed E-state index contributed by atoms with van der Waals surface area (Å²) in [6, 6.07) is 5.99. The molecule has 1 atom stereocenters. The minimum absolute atomic E-state index is 0.344. The summed E-state index contributed by atoms with van der Waals surface area (Å²) in [6.07, 6.45) is 0.896. The quantitative estimate of drug-likeness (QED) is 0.713. The highest BCUT2D eigenvalue weighted by Gasteiger charge is 2.18. The van der Waals surface area contributed by atoms with Crippen LogP contribution in [0.15, 0.2) is 18.2 Å². The van der Waals surface area contributed by atoms with Crippen molar-refractivity contribution in [3.63, 3.8) is 0 Å². The van der Waals surface area contributed by atoms with Gasteiger partial charge in [-0.3, -0.25) is 0 Å². The summed E-state index contributed by atoms with van der Waals surface area (Å²) >= 11 is 5.96. The Morgan fingerprint density at radius 1 is 1.50 bits per heavy atom. The second-order valence-electron chi connectivity index (χ2n) is 3.91. The average Bonchev–Trinajstić information content (AvgIpc) is 2.27. The second-order valence-corrected chi connectivity index (χ2v) is 4.34. The number of hydrogen-bond acceptors (Lipinski definition) is 2. The van der Waals surface area contributed by atoms with Crippen LogP contribution in [0.4, 0.5) is 0 Å². The van der Waals surface area contributed by atoms with Crippen LogP contribution in [0, 0.1) is 0 Å². The lowest BCUT2D eigenvalue weighted by molar-refractivity contribution is -0.0907. The number of benzene rings is 1. The molecule has 0 spiro atoms. The van der Waals surface area contributed by atoms with Gasteiger partial charge < -0.3 is 5.21 Å². The first-order chi connectivity index (χ1) is 6.66. The zero-order valence-corrected chi connectivity index (χ0v) is 8.96. The third-order valence-corrected chi connectivity index (χ3v) is 3.00. The molecule has 2 rings (SSSR count). The van der Waals surface area contributed by atoms with Crippen LogP contribution in [0.25, 0.3) is 0 Å². The lowest BCUT2D eigenvalue weighted by atomic mass is 9.96. The second kappa shape index (κ2) is 3.89. The van der Waals surface area contributed by atoms with E-state index in [0.717, 1.165) is 11.4 Å². The average molecular weight is 212 g/mol. The molecule has 0 amide bonds. The normalized spacial score (nSPS) is 22.9. The fourth-order valence-corrected chi connectivity index (χ4v) is 2.19. The molecule has 2 nitrogen and oxygen atoms in total. The van der Waals surface area contributed by atoms with Gasteiger partial charge in [0.05, 0.1) is 0 Å². The Hall–Kier alpha value is -0.570. The van der Waals surface area contributed by atoms with Gasteiger partial charge in [-0.15, -0.1) is 0 Å². The van der Waals surface area contributed by atoms with Gasteiger partial charge in [-0.2, -0.15) is 5.06 Å². The Labute approximate surface area is 89.1 Å². The van der Waals surface area contributed by atoms with Crippen LogP contribution in [0.2, 0.25) is 5.02 Å². The molecule has 1 heterocycles. The molecule has 1 aliphatic rings. The molecule has 14 heavy (non-hydrogen) atoms. The van der Waals surface area contributed by atoms with Gasteiger partial charge in [0.15, 0.2) is 0 Å². The van der Waals surface area contributed by atoms with Crippen LogP contribution in [0.1, 0.15) is 24.0 Å². The summed E-state index contributed by atoms with van der Waals surface area (Å²) in [5.41, 5.74) is 2.58. The summed E-state index contributed by atoms with van der Waals surface area (Å²) in [5.74, 6) is 0.344. The highest BCUT2D eigenvalue weighted by atomic mass is 35.5. The number of fused-ring (bicyclic) bond motifs is 1. The Morgan fingerprint density at radius 3 is 3.07 bits per heavy atom. The van der Waals surface area contributed by atoms with Crippen LogP contribution in [0.5, 0.6) is 0 Å². The predicted octanol–water partition coefficient (Wildman–Crippen LogP) is 2.69. The Bertz CT molecular complexity index is 340. The Kier molecular flexibility index (Phi) is 2.77. The Morgan fingerprint density at radius 2 is 2.29 bits per heavy atom. The number of hydroxylamine groups is 2. The van der Waals surface area contributed by atoms with Crippen LogP contribution in [0.3, 0.4) is 0 Å². The lowest BCUT2D eigenvalue weighted by Crippen LogP contribution is -2.23. The molecule has 0 bridgehead atoms. The molecule has 1 unspecified atom stereocenters. The van der Waals surface area contributed by atoms with E-state index in [4.69, 9.17) is 11.6 Å². The van der Waals surface area contributed by atoms with Gasteiger partial charge in [0, 0.05) is 18.1 Å². The first-order valence-corrected chi connectivity index (χ1v) is 5.27. The lowest BCUT2D eigenvalue weighted by Gasteiger charge is -2.15. The van der Waals surface area contributed by atoms with Crippen molar-refractivity contribution in [3.05, 3.63) is 34.3 Å². The van der Waals surface area contributed by atoms with Crippen molar-refractivity contribution in [2.45, 2.75) is 19.3 Å². The molecule has 1 N–H and O–H groups in total. The highest BCUT2D eigenvalue weighted by molar-refractivity contribution is 6.30. The monoisotopic (exact) mass is 211 g/mol. The van der Waals surface area contributed by atoms with Gasteiger partial charge in [0.1, 0.15) is 0 Å². The van der Waals surface area contributed by atoms with Crippen molar-refractivity contribution in [1.29, 1.82) is 0 Å². The molecule has 0 aliphatic carbocycles. The SMILES string of the molecule is CC1CN(O)CCc2ccc(Cl)cc21. The van der Waals surface area contributed by atoms with E-state index in [0.29, 0.717) is 19.0 Å². The zero-order chi connectivity index (χ0) is 10.1. The largest absolute Gasteiger partial charge is 0.314 e. The molecule has 3 heteroatoms. The van der Waals surface area contributed by atoms with E-state index in [-0.39, 0.29) is 0 Å². The van der Waals surface area contributed by atoms with Crippen LogP contribution < -0.4 is 0 Å². The summed E-state index contributed by atoms with van der Waals surface area (Å²) in [6.45, 7) is 3.51. The maximum absolute atomic E-state index is 9.50. The molecule has 0 saturated heterocycles. The molecular weight excluding hydrogens is 198 g/mol. The molecule has 76 valence electrons. The van der Waals surface area contributed by atoms with E-state index in [2.05, 4.69) is 13.0 Å². The van der Waals surface area contributed by atoms with Gasteiger partial charge in [-0.1, -0.05) is 24.6 Å². The van der Waals surface area contributed by atoms with E-state index in [1.54, 1.807) is 0 Å². The van der Waals surface area contributed by atoms with Crippen LogP contribution in [-0.2, 0) is 6.42 Å². The molecule has 1 aromatic carbocycles. The van der Waals surface area contributed by atoms with Crippen LogP contribution in [-0.4, -0.2) is 23.4 Å². The predicted molar refractivity (Wildman–Crippen MR) is 56.9 cm³/mol. The fourth-order valence-electron chi connectivity index (χ4n) is 2.01. The van der Waals surface area contributed by atoms with Crippen molar-refractivity contribution < 1.29 is 5.21 Å². The molecule has 1 aromatic rings. The van der Waals surface area contributed by atoms with Gasteiger partial charge in [-0.05, 0) is 35.6 Å². The fraction of sp³-hybridized carbons (Fsp3) is 0.455. The highest BCUT2D eigenvalue weighted by Crippen LogP contribution is 2.27. The molecule has 0 fully saturated rings. The number of halogens is 1. The van der Waals surface area contributed by atoms with Crippen LogP contribution >= 0.6 is 11.6 Å².